The molecule has 0 unspecified atom stereocenters. The maximum absolute atomic E-state index is 13.8. The van der Waals surface area contributed by atoms with Gasteiger partial charge in [-0.25, -0.2) is 0 Å². The third-order valence-electron chi connectivity index (χ3n) is 3.81. The molecule has 3 rings (SSSR count). The van der Waals surface area contributed by atoms with E-state index in [1.807, 2.05) is 36.4 Å². The minimum atomic E-state index is -4.80. The molecule has 3 aromatic rings. The summed E-state index contributed by atoms with van der Waals surface area (Å²) < 4.78 is 38.9. The zero-order valence-corrected chi connectivity index (χ0v) is 13.4. The molecule has 2 aromatic carbocycles. The fourth-order valence-electron chi connectivity index (χ4n) is 2.71. The Bertz CT molecular complexity index is 916. The standard InChI is InChI=1S/C18H16FNO2S/c1-14-18(23(19,21)22)17(16-10-6-3-7-11-16)13-20(14)12-15-8-4-2-5-9-15/h2-11,13H,12H2,1H3. The van der Waals surface area contributed by atoms with Crippen LogP contribution in [0, 0.1) is 6.92 Å². The van der Waals surface area contributed by atoms with E-state index in [-0.39, 0.29) is 4.90 Å². The van der Waals surface area contributed by atoms with Gasteiger partial charge in [-0.05, 0) is 18.1 Å². The highest BCUT2D eigenvalue weighted by Crippen LogP contribution is 2.33. The highest BCUT2D eigenvalue weighted by molar-refractivity contribution is 7.86. The molecule has 118 valence electrons. The van der Waals surface area contributed by atoms with Gasteiger partial charge in [-0.3, -0.25) is 0 Å². The number of benzene rings is 2. The van der Waals surface area contributed by atoms with Crippen molar-refractivity contribution in [3.8, 4) is 11.1 Å². The van der Waals surface area contributed by atoms with E-state index in [1.54, 1.807) is 42.0 Å². The summed E-state index contributed by atoms with van der Waals surface area (Å²) in [6.45, 7) is 2.11. The van der Waals surface area contributed by atoms with Crippen LogP contribution in [0.3, 0.4) is 0 Å². The van der Waals surface area contributed by atoms with Crippen LogP contribution >= 0.6 is 0 Å². The Kier molecular flexibility index (Phi) is 4.05. The van der Waals surface area contributed by atoms with Crippen LogP contribution in [0.2, 0.25) is 0 Å². The molecule has 0 aliphatic rings. The first-order valence-corrected chi connectivity index (χ1v) is 8.59. The summed E-state index contributed by atoms with van der Waals surface area (Å²) in [4.78, 5) is -0.250. The Hall–Kier alpha value is -2.40. The maximum atomic E-state index is 13.8. The molecular formula is C18H16FNO2S. The van der Waals surface area contributed by atoms with Crippen LogP contribution in [0.5, 0.6) is 0 Å². The lowest BCUT2D eigenvalue weighted by Gasteiger charge is -2.06. The quantitative estimate of drug-likeness (QED) is 0.674. The lowest BCUT2D eigenvalue weighted by molar-refractivity contribution is 0.551. The highest BCUT2D eigenvalue weighted by Gasteiger charge is 2.25. The molecule has 0 saturated heterocycles. The first kappa shape index (κ1) is 15.5. The van der Waals surface area contributed by atoms with E-state index in [0.29, 0.717) is 23.4 Å². The lowest BCUT2D eigenvalue weighted by Crippen LogP contribution is -2.02. The van der Waals surface area contributed by atoms with Crippen LogP contribution in [-0.4, -0.2) is 13.0 Å². The minimum Gasteiger partial charge on any atom is -0.345 e. The second-order valence-electron chi connectivity index (χ2n) is 5.37. The zero-order valence-electron chi connectivity index (χ0n) is 12.6. The summed E-state index contributed by atoms with van der Waals surface area (Å²) in [5.74, 6) is 0. The minimum absolute atomic E-state index is 0.250. The van der Waals surface area contributed by atoms with Gasteiger partial charge >= 0.3 is 10.2 Å². The first-order chi connectivity index (χ1) is 11.0. The summed E-state index contributed by atoms with van der Waals surface area (Å²) in [6, 6.07) is 18.6. The molecule has 0 amide bonds. The molecule has 0 aliphatic heterocycles. The number of hydrogen-bond donors (Lipinski definition) is 0. The summed E-state index contributed by atoms with van der Waals surface area (Å²) >= 11 is 0. The van der Waals surface area contributed by atoms with Crippen molar-refractivity contribution in [2.24, 2.45) is 0 Å². The van der Waals surface area contributed by atoms with Crippen LogP contribution in [0.1, 0.15) is 11.3 Å². The van der Waals surface area contributed by atoms with Gasteiger partial charge in [0, 0.05) is 24.0 Å². The van der Waals surface area contributed by atoms with Crippen LogP contribution in [0.15, 0.2) is 71.8 Å². The summed E-state index contributed by atoms with van der Waals surface area (Å²) in [5, 5.41) is 0. The van der Waals surface area contributed by atoms with Gasteiger partial charge in [-0.1, -0.05) is 60.7 Å². The molecule has 0 aliphatic carbocycles. The molecule has 5 heteroatoms. The van der Waals surface area contributed by atoms with Gasteiger partial charge in [-0.15, -0.1) is 3.89 Å². The second kappa shape index (κ2) is 6.01. The number of nitrogens with zero attached hydrogens (tertiary/aromatic N) is 1. The largest absolute Gasteiger partial charge is 0.345 e. The normalized spacial score (nSPS) is 11.6. The first-order valence-electron chi connectivity index (χ1n) is 7.20. The van der Waals surface area contributed by atoms with E-state index in [4.69, 9.17) is 0 Å². The number of aromatic nitrogens is 1. The Morgan fingerprint density at radius 1 is 0.957 bits per heavy atom. The van der Waals surface area contributed by atoms with Gasteiger partial charge < -0.3 is 4.57 Å². The van der Waals surface area contributed by atoms with Crippen LogP contribution < -0.4 is 0 Å². The van der Waals surface area contributed by atoms with Gasteiger partial charge in [-0.2, -0.15) is 8.42 Å². The van der Waals surface area contributed by atoms with Crippen molar-refractivity contribution in [3.05, 3.63) is 78.1 Å². The van der Waals surface area contributed by atoms with Crippen molar-refractivity contribution in [3.63, 3.8) is 0 Å². The molecule has 0 fully saturated rings. The molecule has 0 saturated carbocycles. The molecular weight excluding hydrogens is 313 g/mol. The van der Waals surface area contributed by atoms with Gasteiger partial charge in [0.05, 0.1) is 0 Å². The van der Waals surface area contributed by atoms with Crippen molar-refractivity contribution in [2.45, 2.75) is 18.4 Å². The highest BCUT2D eigenvalue weighted by atomic mass is 32.3. The fraction of sp³-hybridized carbons (Fsp3) is 0.111. The third kappa shape index (κ3) is 3.19. The molecule has 0 atom stereocenters. The van der Waals surface area contributed by atoms with E-state index in [0.717, 1.165) is 5.56 Å². The average molecular weight is 329 g/mol. The predicted octanol–water partition coefficient (Wildman–Crippen LogP) is 4.17. The van der Waals surface area contributed by atoms with Gasteiger partial charge in [0.1, 0.15) is 4.90 Å². The third-order valence-corrected chi connectivity index (χ3v) is 4.82. The fourth-order valence-corrected chi connectivity index (χ4v) is 3.62. The van der Waals surface area contributed by atoms with E-state index in [1.165, 1.54) is 0 Å². The Labute approximate surface area is 135 Å². The molecule has 0 bridgehead atoms. The SMILES string of the molecule is Cc1c(S(=O)(=O)F)c(-c2ccccc2)cn1Cc1ccccc1. The van der Waals surface area contributed by atoms with Crippen LogP contribution in [0.4, 0.5) is 3.89 Å². The van der Waals surface area contributed by atoms with Crippen molar-refractivity contribution < 1.29 is 12.3 Å². The predicted molar refractivity (Wildman–Crippen MR) is 88.4 cm³/mol. The van der Waals surface area contributed by atoms with Crippen molar-refractivity contribution in [1.29, 1.82) is 0 Å². The molecule has 0 N–H and O–H groups in total. The Morgan fingerprint density at radius 2 is 1.52 bits per heavy atom. The Balaban J connectivity index is 2.15. The molecule has 1 heterocycles. The molecule has 3 nitrogen and oxygen atoms in total. The van der Waals surface area contributed by atoms with Crippen LogP contribution in [0.25, 0.3) is 11.1 Å². The average Bonchev–Trinajstić information content (AvgIpc) is 2.86. The monoisotopic (exact) mass is 329 g/mol. The topological polar surface area (TPSA) is 39.1 Å². The molecule has 1 aromatic heterocycles. The van der Waals surface area contributed by atoms with E-state index in [2.05, 4.69) is 0 Å². The number of hydrogen-bond acceptors (Lipinski definition) is 2. The zero-order chi connectivity index (χ0) is 16.4. The van der Waals surface area contributed by atoms with Gasteiger partial charge in [0.25, 0.3) is 0 Å². The maximum Gasteiger partial charge on any atom is 0.334 e. The molecule has 0 spiro atoms. The number of halogens is 1. The second-order valence-corrected chi connectivity index (χ2v) is 6.66. The summed E-state index contributed by atoms with van der Waals surface area (Å²) in [6.07, 6.45) is 1.70. The van der Waals surface area contributed by atoms with Crippen LogP contribution in [-0.2, 0) is 16.8 Å². The van der Waals surface area contributed by atoms with Gasteiger partial charge in [0.2, 0.25) is 0 Å². The van der Waals surface area contributed by atoms with E-state index in [9.17, 15) is 12.3 Å². The summed E-state index contributed by atoms with van der Waals surface area (Å²) in [7, 11) is -4.80. The molecule has 0 radical (unpaired) electrons. The van der Waals surface area contributed by atoms with Gasteiger partial charge in [0.15, 0.2) is 0 Å². The number of rotatable bonds is 4. The molecule has 23 heavy (non-hydrogen) atoms. The van der Waals surface area contributed by atoms with E-state index >= 15 is 0 Å². The van der Waals surface area contributed by atoms with E-state index < -0.39 is 10.2 Å². The smallest absolute Gasteiger partial charge is 0.334 e. The Morgan fingerprint density at radius 3 is 2.09 bits per heavy atom. The van der Waals surface area contributed by atoms with Crippen molar-refractivity contribution >= 4 is 10.2 Å². The van der Waals surface area contributed by atoms with Crippen molar-refractivity contribution in [2.75, 3.05) is 0 Å². The lowest BCUT2D eigenvalue weighted by atomic mass is 10.1. The van der Waals surface area contributed by atoms with Crippen molar-refractivity contribution in [1.82, 2.24) is 4.57 Å². The summed E-state index contributed by atoms with van der Waals surface area (Å²) in [5.41, 5.74) is 2.49.